The van der Waals surface area contributed by atoms with Crippen molar-refractivity contribution in [2.45, 2.75) is 43.6 Å². The zero-order valence-corrected chi connectivity index (χ0v) is 19.4. The van der Waals surface area contributed by atoms with Crippen molar-refractivity contribution in [1.29, 1.82) is 0 Å². The Kier molecular flexibility index (Phi) is 6.55. The summed E-state index contributed by atoms with van der Waals surface area (Å²) < 4.78 is 32.9. The van der Waals surface area contributed by atoms with Gasteiger partial charge in [-0.25, -0.2) is 13.2 Å². The molecule has 4 rings (SSSR count). The third-order valence-electron chi connectivity index (χ3n) is 5.88. The normalized spacial score (nSPS) is 17.6. The SMILES string of the molecule is CC(OC(=O)c1ccc(Cl)c(S(=O)(=O)N2CCCCC2)c1)C(=O)N1CCc2ccccc21. The molecule has 32 heavy (non-hydrogen) atoms. The topological polar surface area (TPSA) is 84.0 Å². The summed E-state index contributed by atoms with van der Waals surface area (Å²) in [4.78, 5) is 27.1. The minimum Gasteiger partial charge on any atom is -0.449 e. The number of hydrogen-bond acceptors (Lipinski definition) is 5. The van der Waals surface area contributed by atoms with Crippen LogP contribution < -0.4 is 4.90 Å². The number of carbonyl (C=O) groups excluding carboxylic acids is 2. The molecule has 2 aliphatic heterocycles. The number of fused-ring (bicyclic) bond motifs is 1. The molecule has 170 valence electrons. The number of amides is 1. The Balaban J connectivity index is 1.50. The number of halogens is 1. The second kappa shape index (κ2) is 9.21. The van der Waals surface area contributed by atoms with Gasteiger partial charge in [0.25, 0.3) is 5.91 Å². The van der Waals surface area contributed by atoms with Gasteiger partial charge in [0.2, 0.25) is 10.0 Å². The molecular formula is C23H25ClN2O5S. The lowest BCUT2D eigenvalue weighted by Gasteiger charge is -2.26. The number of benzene rings is 2. The molecule has 2 aliphatic rings. The van der Waals surface area contributed by atoms with Gasteiger partial charge in [0.1, 0.15) is 4.90 Å². The first-order valence-electron chi connectivity index (χ1n) is 10.7. The van der Waals surface area contributed by atoms with Crippen molar-refractivity contribution in [2.24, 2.45) is 0 Å². The maximum atomic E-state index is 13.0. The highest BCUT2D eigenvalue weighted by molar-refractivity contribution is 7.89. The van der Waals surface area contributed by atoms with Crippen molar-refractivity contribution >= 4 is 39.2 Å². The highest BCUT2D eigenvalue weighted by atomic mass is 35.5. The van der Waals surface area contributed by atoms with Gasteiger partial charge in [-0.2, -0.15) is 4.31 Å². The van der Waals surface area contributed by atoms with Crippen molar-refractivity contribution < 1.29 is 22.7 Å². The first kappa shape index (κ1) is 22.8. The molecule has 2 heterocycles. The number of rotatable bonds is 5. The lowest BCUT2D eigenvalue weighted by Crippen LogP contribution is -2.39. The molecule has 1 unspecified atom stereocenters. The van der Waals surface area contributed by atoms with E-state index in [9.17, 15) is 18.0 Å². The average Bonchev–Trinajstić information content (AvgIpc) is 3.23. The first-order chi connectivity index (χ1) is 15.3. The molecule has 7 nitrogen and oxygen atoms in total. The van der Waals surface area contributed by atoms with Crippen LogP contribution in [0.1, 0.15) is 42.1 Å². The summed E-state index contributed by atoms with van der Waals surface area (Å²) >= 11 is 6.18. The number of sulfonamides is 1. The summed E-state index contributed by atoms with van der Waals surface area (Å²) in [7, 11) is -3.82. The molecule has 0 aliphatic carbocycles. The summed E-state index contributed by atoms with van der Waals surface area (Å²) in [5.74, 6) is -1.09. The molecule has 1 atom stereocenters. The smallest absolute Gasteiger partial charge is 0.338 e. The van der Waals surface area contributed by atoms with E-state index in [1.165, 1.54) is 29.4 Å². The van der Waals surface area contributed by atoms with Crippen molar-refractivity contribution in [2.75, 3.05) is 24.5 Å². The molecule has 2 aromatic carbocycles. The Morgan fingerprint density at radius 2 is 1.75 bits per heavy atom. The summed E-state index contributed by atoms with van der Waals surface area (Å²) in [5, 5.41) is 0.0462. The predicted octanol–water partition coefficient (Wildman–Crippen LogP) is 3.65. The number of nitrogens with zero attached hydrogens (tertiary/aromatic N) is 2. The van der Waals surface area contributed by atoms with Gasteiger partial charge < -0.3 is 9.64 Å². The van der Waals surface area contributed by atoms with Crippen molar-refractivity contribution in [3.8, 4) is 0 Å². The van der Waals surface area contributed by atoms with Crippen molar-refractivity contribution in [3.05, 3.63) is 58.6 Å². The zero-order valence-electron chi connectivity index (χ0n) is 17.8. The Bertz CT molecular complexity index is 1140. The number of carbonyl (C=O) groups is 2. The number of para-hydroxylation sites is 1. The van der Waals surface area contributed by atoms with Gasteiger partial charge in [0.15, 0.2) is 6.10 Å². The Hall–Kier alpha value is -2.42. The lowest BCUT2D eigenvalue weighted by atomic mass is 10.2. The van der Waals surface area contributed by atoms with E-state index >= 15 is 0 Å². The van der Waals surface area contributed by atoms with Crippen LogP contribution in [-0.4, -0.2) is 50.3 Å². The second-order valence-electron chi connectivity index (χ2n) is 8.03. The van der Waals surface area contributed by atoms with Crippen molar-refractivity contribution in [3.63, 3.8) is 0 Å². The number of piperidine rings is 1. The number of esters is 1. The van der Waals surface area contributed by atoms with Gasteiger partial charge in [-0.3, -0.25) is 4.79 Å². The average molecular weight is 477 g/mol. The summed E-state index contributed by atoms with van der Waals surface area (Å²) in [6.07, 6.45) is 2.29. The fourth-order valence-corrected chi connectivity index (χ4v) is 6.16. The van der Waals surface area contributed by atoms with Crippen LogP contribution in [0.4, 0.5) is 5.69 Å². The second-order valence-corrected chi connectivity index (χ2v) is 10.3. The van der Waals surface area contributed by atoms with Gasteiger partial charge in [0, 0.05) is 25.3 Å². The summed E-state index contributed by atoms with van der Waals surface area (Å²) in [5.41, 5.74) is 1.93. The molecule has 0 radical (unpaired) electrons. The van der Waals surface area contributed by atoms with Crippen LogP contribution >= 0.6 is 11.6 Å². The molecule has 0 N–H and O–H groups in total. The van der Waals surface area contributed by atoms with Crippen LogP contribution in [0, 0.1) is 0 Å². The van der Waals surface area contributed by atoms with Gasteiger partial charge in [0.05, 0.1) is 10.6 Å². The quantitative estimate of drug-likeness (QED) is 0.615. The van der Waals surface area contributed by atoms with Gasteiger partial charge in [-0.15, -0.1) is 0 Å². The molecule has 0 saturated carbocycles. The van der Waals surface area contributed by atoms with Crippen LogP contribution in [0.15, 0.2) is 47.4 Å². The summed E-state index contributed by atoms with van der Waals surface area (Å²) in [6, 6.07) is 11.6. The number of ether oxygens (including phenoxy) is 1. The Morgan fingerprint density at radius 1 is 1.03 bits per heavy atom. The maximum Gasteiger partial charge on any atom is 0.338 e. The van der Waals surface area contributed by atoms with E-state index in [4.69, 9.17) is 16.3 Å². The Labute approximate surface area is 193 Å². The molecule has 1 fully saturated rings. The molecule has 9 heteroatoms. The van der Waals surface area contributed by atoms with E-state index in [0.29, 0.717) is 19.6 Å². The summed E-state index contributed by atoms with van der Waals surface area (Å²) in [6.45, 7) is 2.90. The van der Waals surface area contributed by atoms with E-state index in [1.807, 2.05) is 24.3 Å². The van der Waals surface area contributed by atoms with Gasteiger partial charge in [-0.1, -0.05) is 36.2 Å². The largest absolute Gasteiger partial charge is 0.449 e. The fraction of sp³-hybridized carbons (Fsp3) is 0.391. The van der Waals surface area contributed by atoms with E-state index in [1.54, 1.807) is 4.90 Å². The van der Waals surface area contributed by atoms with Gasteiger partial charge >= 0.3 is 5.97 Å². The van der Waals surface area contributed by atoms with Crippen LogP contribution in [0.2, 0.25) is 5.02 Å². The van der Waals surface area contributed by atoms with Crippen LogP contribution in [0.5, 0.6) is 0 Å². The first-order valence-corrected chi connectivity index (χ1v) is 12.5. The minimum atomic E-state index is -3.82. The zero-order chi connectivity index (χ0) is 22.9. The van der Waals surface area contributed by atoms with Crippen LogP contribution in [-0.2, 0) is 26.0 Å². The maximum absolute atomic E-state index is 13.0. The molecule has 0 bridgehead atoms. The molecule has 1 saturated heterocycles. The molecule has 0 aromatic heterocycles. The minimum absolute atomic E-state index is 0.0338. The number of anilines is 1. The fourth-order valence-electron chi connectivity index (χ4n) is 4.14. The molecular weight excluding hydrogens is 452 g/mol. The Morgan fingerprint density at radius 3 is 2.50 bits per heavy atom. The monoisotopic (exact) mass is 476 g/mol. The predicted molar refractivity (Wildman–Crippen MR) is 121 cm³/mol. The number of hydrogen-bond donors (Lipinski definition) is 0. The van der Waals surface area contributed by atoms with E-state index in [-0.39, 0.29) is 21.4 Å². The molecule has 2 aromatic rings. The molecule has 0 spiro atoms. The third kappa shape index (κ3) is 4.40. The van der Waals surface area contributed by atoms with E-state index in [0.717, 1.165) is 36.9 Å². The van der Waals surface area contributed by atoms with Gasteiger partial charge in [-0.05, 0) is 56.0 Å². The van der Waals surface area contributed by atoms with Crippen molar-refractivity contribution in [1.82, 2.24) is 4.31 Å². The highest BCUT2D eigenvalue weighted by Crippen LogP contribution is 2.30. The molecule has 1 amide bonds. The van der Waals surface area contributed by atoms with E-state index in [2.05, 4.69) is 0 Å². The highest BCUT2D eigenvalue weighted by Gasteiger charge is 2.32. The van der Waals surface area contributed by atoms with Crippen LogP contribution in [0.3, 0.4) is 0 Å². The lowest BCUT2D eigenvalue weighted by molar-refractivity contribution is -0.126. The van der Waals surface area contributed by atoms with Crippen LogP contribution in [0.25, 0.3) is 0 Å². The third-order valence-corrected chi connectivity index (χ3v) is 8.26. The van der Waals surface area contributed by atoms with E-state index < -0.39 is 22.1 Å². The standard InChI is InChI=1S/C23H25ClN2O5S/c1-16(22(27)26-14-11-17-7-3-4-8-20(17)26)31-23(28)18-9-10-19(24)21(15-18)32(29,30)25-12-5-2-6-13-25/h3-4,7-10,15-16H,2,5-6,11-14H2,1H3.